The van der Waals surface area contributed by atoms with Gasteiger partial charge in [-0.15, -0.1) is 0 Å². The Bertz CT molecular complexity index is 684. The van der Waals surface area contributed by atoms with Gasteiger partial charge in [0, 0.05) is 6.54 Å². The Morgan fingerprint density at radius 2 is 1.86 bits per heavy atom. The molecule has 0 saturated carbocycles. The molecule has 1 aromatic carbocycles. The summed E-state index contributed by atoms with van der Waals surface area (Å²) in [7, 11) is 0. The number of aliphatic hydroxyl groups is 4. The minimum absolute atomic E-state index is 0.00426. The standard InChI is InChI=1S/C16H20F3NO8/c17-16(18,19)15(26)20-4-3-7-1-2-9(8(22)5-7)27-14-13(25)12(24)11(23)10(6-21)28-14/h1-2,5,10-14,21-25H,3-4,6H2,(H,20,26)/t10-,11+,12+,13-,14-/m1/s1. The lowest BCUT2D eigenvalue weighted by molar-refractivity contribution is -0.277. The quantitative estimate of drug-likeness (QED) is 0.342. The third-order valence-electron chi connectivity index (χ3n) is 4.07. The zero-order valence-corrected chi connectivity index (χ0v) is 14.3. The number of benzene rings is 1. The summed E-state index contributed by atoms with van der Waals surface area (Å²) in [4.78, 5) is 10.7. The number of halogens is 3. The first-order valence-electron chi connectivity index (χ1n) is 8.18. The fourth-order valence-electron chi connectivity index (χ4n) is 2.53. The third kappa shape index (κ3) is 5.23. The summed E-state index contributed by atoms with van der Waals surface area (Å²) < 4.78 is 46.7. The van der Waals surface area contributed by atoms with Gasteiger partial charge in [0.15, 0.2) is 11.5 Å². The van der Waals surface area contributed by atoms with Crippen LogP contribution in [0.2, 0.25) is 0 Å². The molecule has 1 amide bonds. The Morgan fingerprint density at radius 1 is 1.18 bits per heavy atom. The van der Waals surface area contributed by atoms with E-state index in [9.17, 15) is 38.4 Å². The van der Waals surface area contributed by atoms with E-state index in [1.165, 1.54) is 18.2 Å². The van der Waals surface area contributed by atoms with Gasteiger partial charge in [-0.25, -0.2) is 0 Å². The lowest BCUT2D eigenvalue weighted by Crippen LogP contribution is -2.60. The number of aliphatic hydroxyl groups excluding tert-OH is 4. The number of aromatic hydroxyl groups is 1. The molecule has 28 heavy (non-hydrogen) atoms. The first-order valence-corrected chi connectivity index (χ1v) is 8.18. The molecule has 1 saturated heterocycles. The topological polar surface area (TPSA) is 149 Å². The largest absolute Gasteiger partial charge is 0.504 e. The monoisotopic (exact) mass is 411 g/mol. The highest BCUT2D eigenvalue weighted by Crippen LogP contribution is 2.31. The van der Waals surface area contributed by atoms with E-state index in [1.54, 1.807) is 5.32 Å². The number of rotatable bonds is 6. The van der Waals surface area contributed by atoms with Crippen molar-refractivity contribution in [1.82, 2.24) is 5.32 Å². The van der Waals surface area contributed by atoms with E-state index in [-0.39, 0.29) is 18.7 Å². The van der Waals surface area contributed by atoms with E-state index in [0.29, 0.717) is 5.56 Å². The van der Waals surface area contributed by atoms with Gasteiger partial charge in [0.2, 0.25) is 6.29 Å². The minimum Gasteiger partial charge on any atom is -0.504 e. The molecule has 158 valence electrons. The Kier molecular flexibility index (Phi) is 7.06. The lowest BCUT2D eigenvalue weighted by Gasteiger charge is -2.39. The lowest BCUT2D eigenvalue weighted by atomic mass is 9.99. The number of alkyl halides is 3. The van der Waals surface area contributed by atoms with Crippen molar-refractivity contribution in [3.8, 4) is 11.5 Å². The maximum absolute atomic E-state index is 12.1. The van der Waals surface area contributed by atoms with Crippen molar-refractivity contribution >= 4 is 5.91 Å². The molecular formula is C16H20F3NO8. The molecule has 0 bridgehead atoms. The highest BCUT2D eigenvalue weighted by molar-refractivity contribution is 5.81. The van der Waals surface area contributed by atoms with E-state index in [2.05, 4.69) is 0 Å². The van der Waals surface area contributed by atoms with Gasteiger partial charge in [0.05, 0.1) is 6.61 Å². The maximum Gasteiger partial charge on any atom is 0.471 e. The van der Waals surface area contributed by atoms with Crippen LogP contribution in [-0.2, 0) is 16.0 Å². The van der Waals surface area contributed by atoms with Crippen molar-refractivity contribution in [2.75, 3.05) is 13.2 Å². The van der Waals surface area contributed by atoms with E-state index >= 15 is 0 Å². The van der Waals surface area contributed by atoms with Gasteiger partial charge < -0.3 is 40.3 Å². The van der Waals surface area contributed by atoms with Crippen molar-refractivity contribution < 1.29 is 53.0 Å². The SMILES string of the molecule is O=C(NCCc1ccc(O[C@@H]2O[C@H](CO)[C@H](O)[C@H](O)[C@H]2O)c(O)c1)C(F)(F)F. The van der Waals surface area contributed by atoms with E-state index in [0.717, 1.165) is 0 Å². The highest BCUT2D eigenvalue weighted by Gasteiger charge is 2.45. The van der Waals surface area contributed by atoms with Gasteiger partial charge in [-0.2, -0.15) is 13.2 Å². The molecule has 0 aromatic heterocycles. The van der Waals surface area contributed by atoms with Crippen LogP contribution in [0.3, 0.4) is 0 Å². The van der Waals surface area contributed by atoms with Gasteiger partial charge in [-0.3, -0.25) is 4.79 Å². The molecule has 1 fully saturated rings. The number of hydrogen-bond donors (Lipinski definition) is 6. The van der Waals surface area contributed by atoms with Crippen LogP contribution in [0.25, 0.3) is 0 Å². The molecule has 9 nitrogen and oxygen atoms in total. The number of phenolic OH excluding ortho intramolecular Hbond substituents is 1. The number of amides is 1. The molecule has 1 aliphatic rings. The van der Waals surface area contributed by atoms with E-state index in [4.69, 9.17) is 14.6 Å². The van der Waals surface area contributed by atoms with Crippen molar-refractivity contribution in [2.45, 2.75) is 43.3 Å². The van der Waals surface area contributed by atoms with Crippen molar-refractivity contribution in [2.24, 2.45) is 0 Å². The molecule has 12 heteroatoms. The predicted molar refractivity (Wildman–Crippen MR) is 85.3 cm³/mol. The van der Waals surface area contributed by atoms with Crippen LogP contribution < -0.4 is 10.1 Å². The van der Waals surface area contributed by atoms with Crippen LogP contribution in [0.15, 0.2) is 18.2 Å². The van der Waals surface area contributed by atoms with Crippen LogP contribution in [0.5, 0.6) is 11.5 Å². The predicted octanol–water partition coefficient (Wildman–Crippen LogP) is -1.21. The fourth-order valence-corrected chi connectivity index (χ4v) is 2.53. The minimum atomic E-state index is -4.98. The number of carbonyl (C=O) groups is 1. The fraction of sp³-hybridized carbons (Fsp3) is 0.562. The average molecular weight is 411 g/mol. The normalized spacial score (nSPS) is 28.0. The molecule has 1 heterocycles. The van der Waals surface area contributed by atoms with Crippen LogP contribution in [0.4, 0.5) is 13.2 Å². The second-order valence-electron chi connectivity index (χ2n) is 6.12. The van der Waals surface area contributed by atoms with Crippen LogP contribution in [-0.4, -0.2) is 81.5 Å². The number of hydrogen-bond acceptors (Lipinski definition) is 8. The maximum atomic E-state index is 12.1. The van der Waals surface area contributed by atoms with E-state index < -0.39 is 55.1 Å². The molecule has 2 rings (SSSR count). The number of phenols is 1. The number of nitrogens with one attached hydrogen (secondary N) is 1. The summed E-state index contributed by atoms with van der Waals surface area (Å²) in [5.41, 5.74) is 0.390. The summed E-state index contributed by atoms with van der Waals surface area (Å²) in [6, 6.07) is 3.83. The molecule has 0 unspecified atom stereocenters. The Balaban J connectivity index is 1.97. The molecule has 0 aliphatic carbocycles. The Morgan fingerprint density at radius 3 is 2.43 bits per heavy atom. The van der Waals surface area contributed by atoms with Gasteiger partial charge in [-0.1, -0.05) is 6.07 Å². The molecule has 5 atom stereocenters. The summed E-state index contributed by atoms with van der Waals surface area (Å²) in [5, 5.41) is 50.1. The molecule has 0 radical (unpaired) electrons. The zero-order valence-electron chi connectivity index (χ0n) is 14.3. The van der Waals surface area contributed by atoms with E-state index in [1.807, 2.05) is 0 Å². The summed E-state index contributed by atoms with van der Waals surface area (Å²) in [5.74, 6) is -2.68. The Hall–Kier alpha value is -2.12. The van der Waals surface area contributed by atoms with Crippen LogP contribution >= 0.6 is 0 Å². The summed E-state index contributed by atoms with van der Waals surface area (Å²) in [6.45, 7) is -0.968. The van der Waals surface area contributed by atoms with Gasteiger partial charge in [0.25, 0.3) is 0 Å². The average Bonchev–Trinajstić information content (AvgIpc) is 2.63. The third-order valence-corrected chi connectivity index (χ3v) is 4.07. The number of ether oxygens (including phenoxy) is 2. The second-order valence-corrected chi connectivity index (χ2v) is 6.12. The summed E-state index contributed by atoms with van der Waals surface area (Å²) >= 11 is 0. The Labute approximate surface area is 156 Å². The van der Waals surface area contributed by atoms with Crippen molar-refractivity contribution in [3.63, 3.8) is 0 Å². The van der Waals surface area contributed by atoms with Gasteiger partial charge in [0.1, 0.15) is 24.4 Å². The summed E-state index contributed by atoms with van der Waals surface area (Å²) in [6.07, 6.45) is -12.6. The molecule has 1 aromatic rings. The molecule has 6 N–H and O–H groups in total. The van der Waals surface area contributed by atoms with Crippen LogP contribution in [0.1, 0.15) is 5.56 Å². The van der Waals surface area contributed by atoms with Crippen molar-refractivity contribution in [1.29, 1.82) is 0 Å². The molecule has 1 aliphatic heterocycles. The smallest absolute Gasteiger partial charge is 0.471 e. The molecular weight excluding hydrogens is 391 g/mol. The highest BCUT2D eigenvalue weighted by atomic mass is 19.4. The van der Waals surface area contributed by atoms with Crippen LogP contribution in [0, 0.1) is 0 Å². The van der Waals surface area contributed by atoms with Gasteiger partial charge in [-0.05, 0) is 24.1 Å². The van der Waals surface area contributed by atoms with Gasteiger partial charge >= 0.3 is 12.1 Å². The first-order chi connectivity index (χ1) is 13.0. The number of carbonyl (C=O) groups excluding carboxylic acids is 1. The second kappa shape index (κ2) is 8.92. The van der Waals surface area contributed by atoms with Crippen molar-refractivity contribution in [3.05, 3.63) is 23.8 Å². The zero-order chi connectivity index (χ0) is 21.1. The molecule has 0 spiro atoms. The first kappa shape index (κ1) is 22.2.